The minimum atomic E-state index is 0.982. The van der Waals surface area contributed by atoms with E-state index in [1.54, 1.807) is 0 Å². The molecular weight excluding hydrogens is 146 g/mol. The van der Waals surface area contributed by atoms with Crippen molar-refractivity contribution in [3.05, 3.63) is 0 Å². The summed E-state index contributed by atoms with van der Waals surface area (Å²) in [5.41, 5.74) is 0. The second-order valence-electron chi connectivity index (χ2n) is 4.41. The molecule has 0 aromatic heterocycles. The summed E-state index contributed by atoms with van der Waals surface area (Å²) in [7, 11) is 0. The Balaban J connectivity index is 1.86. The standard InChI is InChI=1S/C11H21N/c1-2-12-9-10-7-5-3-4-6-8-11(10)12/h10-11H,2-9H2,1H3. The van der Waals surface area contributed by atoms with Crippen molar-refractivity contribution in [2.24, 2.45) is 5.92 Å². The topological polar surface area (TPSA) is 3.24 Å². The highest BCUT2D eigenvalue weighted by molar-refractivity contribution is 4.91. The van der Waals surface area contributed by atoms with Gasteiger partial charge in [-0.05, 0) is 25.3 Å². The fourth-order valence-electron chi connectivity index (χ4n) is 2.90. The molecule has 0 bridgehead atoms. The van der Waals surface area contributed by atoms with Crippen molar-refractivity contribution in [2.45, 2.75) is 51.5 Å². The molecule has 0 N–H and O–H groups in total. The van der Waals surface area contributed by atoms with Gasteiger partial charge in [-0.15, -0.1) is 0 Å². The monoisotopic (exact) mass is 167 g/mol. The third-order valence-corrected chi connectivity index (χ3v) is 3.71. The molecule has 1 aliphatic carbocycles. The molecule has 2 fully saturated rings. The minimum Gasteiger partial charge on any atom is -0.300 e. The fraction of sp³-hybridized carbons (Fsp3) is 1.00. The Hall–Kier alpha value is -0.0400. The van der Waals surface area contributed by atoms with E-state index < -0.39 is 0 Å². The number of nitrogens with zero attached hydrogens (tertiary/aromatic N) is 1. The third-order valence-electron chi connectivity index (χ3n) is 3.71. The summed E-state index contributed by atoms with van der Waals surface area (Å²) in [5, 5.41) is 0. The second-order valence-corrected chi connectivity index (χ2v) is 4.41. The van der Waals surface area contributed by atoms with Crippen LogP contribution in [0.1, 0.15) is 45.4 Å². The van der Waals surface area contributed by atoms with Crippen LogP contribution >= 0.6 is 0 Å². The van der Waals surface area contributed by atoms with E-state index in [9.17, 15) is 0 Å². The number of hydrogen-bond donors (Lipinski definition) is 0. The largest absolute Gasteiger partial charge is 0.300 e. The lowest BCUT2D eigenvalue weighted by Crippen LogP contribution is -2.55. The van der Waals surface area contributed by atoms with Crippen LogP contribution in [0.2, 0.25) is 0 Å². The maximum absolute atomic E-state index is 2.66. The van der Waals surface area contributed by atoms with Gasteiger partial charge in [0.2, 0.25) is 0 Å². The van der Waals surface area contributed by atoms with E-state index in [1.165, 1.54) is 51.6 Å². The lowest BCUT2D eigenvalue weighted by molar-refractivity contribution is 0.00251. The first-order chi connectivity index (χ1) is 5.92. The molecule has 0 radical (unpaired) electrons. The SMILES string of the molecule is CCN1CC2CCCCCCC21. The van der Waals surface area contributed by atoms with Gasteiger partial charge in [-0.2, -0.15) is 0 Å². The molecule has 70 valence electrons. The molecule has 12 heavy (non-hydrogen) atoms. The van der Waals surface area contributed by atoms with E-state index in [0.29, 0.717) is 0 Å². The zero-order chi connectivity index (χ0) is 8.39. The maximum atomic E-state index is 2.66. The van der Waals surface area contributed by atoms with Gasteiger partial charge in [-0.1, -0.05) is 32.6 Å². The molecule has 0 amide bonds. The predicted octanol–water partition coefficient (Wildman–Crippen LogP) is 2.66. The van der Waals surface area contributed by atoms with E-state index in [2.05, 4.69) is 11.8 Å². The molecule has 1 saturated heterocycles. The summed E-state index contributed by atoms with van der Waals surface area (Å²) < 4.78 is 0. The Kier molecular flexibility index (Phi) is 2.69. The molecule has 1 aliphatic heterocycles. The lowest BCUT2D eigenvalue weighted by atomic mass is 9.79. The molecule has 2 aliphatic rings. The van der Waals surface area contributed by atoms with Crippen molar-refractivity contribution in [3.8, 4) is 0 Å². The van der Waals surface area contributed by atoms with Crippen molar-refractivity contribution < 1.29 is 0 Å². The molecule has 0 aromatic carbocycles. The molecule has 1 heteroatoms. The van der Waals surface area contributed by atoms with Gasteiger partial charge in [-0.3, -0.25) is 0 Å². The van der Waals surface area contributed by atoms with Gasteiger partial charge in [0.25, 0.3) is 0 Å². The van der Waals surface area contributed by atoms with Crippen molar-refractivity contribution in [1.82, 2.24) is 4.90 Å². The van der Waals surface area contributed by atoms with Crippen LogP contribution in [-0.4, -0.2) is 24.0 Å². The van der Waals surface area contributed by atoms with Gasteiger partial charge < -0.3 is 4.90 Å². The van der Waals surface area contributed by atoms with Gasteiger partial charge in [-0.25, -0.2) is 0 Å². The zero-order valence-corrected chi connectivity index (χ0v) is 8.26. The number of rotatable bonds is 1. The van der Waals surface area contributed by atoms with Gasteiger partial charge >= 0.3 is 0 Å². The van der Waals surface area contributed by atoms with Crippen LogP contribution in [0.15, 0.2) is 0 Å². The maximum Gasteiger partial charge on any atom is 0.0136 e. The highest BCUT2D eigenvalue weighted by Gasteiger charge is 2.36. The molecule has 0 spiro atoms. The quantitative estimate of drug-likeness (QED) is 0.580. The Morgan fingerprint density at radius 3 is 2.58 bits per heavy atom. The summed E-state index contributed by atoms with van der Waals surface area (Å²) in [5.74, 6) is 1.07. The first-order valence-corrected chi connectivity index (χ1v) is 5.66. The first-order valence-electron chi connectivity index (χ1n) is 5.66. The Labute approximate surface area is 76.1 Å². The normalized spacial score (nSPS) is 37.8. The van der Waals surface area contributed by atoms with E-state index in [1.807, 2.05) is 0 Å². The van der Waals surface area contributed by atoms with E-state index in [0.717, 1.165) is 12.0 Å². The van der Waals surface area contributed by atoms with Crippen LogP contribution in [0.5, 0.6) is 0 Å². The molecule has 1 nitrogen and oxygen atoms in total. The fourth-order valence-corrected chi connectivity index (χ4v) is 2.90. The smallest absolute Gasteiger partial charge is 0.0136 e. The Bertz CT molecular complexity index is 142. The van der Waals surface area contributed by atoms with Gasteiger partial charge in [0.05, 0.1) is 0 Å². The minimum absolute atomic E-state index is 0.982. The number of likely N-dealkylation sites (tertiary alicyclic amines) is 1. The summed E-state index contributed by atoms with van der Waals surface area (Å²) in [6.07, 6.45) is 8.96. The van der Waals surface area contributed by atoms with Crippen LogP contribution < -0.4 is 0 Å². The number of hydrogen-bond acceptors (Lipinski definition) is 1. The Morgan fingerprint density at radius 1 is 1.08 bits per heavy atom. The average Bonchev–Trinajstić information content (AvgIpc) is 2.04. The molecule has 2 unspecified atom stereocenters. The molecule has 1 saturated carbocycles. The molecule has 1 heterocycles. The molecular formula is C11H21N. The summed E-state index contributed by atoms with van der Waals surface area (Å²) >= 11 is 0. The van der Waals surface area contributed by atoms with Crippen molar-refractivity contribution in [3.63, 3.8) is 0 Å². The van der Waals surface area contributed by atoms with Crippen molar-refractivity contribution in [1.29, 1.82) is 0 Å². The summed E-state index contributed by atoms with van der Waals surface area (Å²) in [6.45, 7) is 4.98. The second kappa shape index (κ2) is 3.78. The zero-order valence-electron chi connectivity index (χ0n) is 8.26. The average molecular weight is 167 g/mol. The van der Waals surface area contributed by atoms with Gasteiger partial charge in [0, 0.05) is 12.6 Å². The highest BCUT2D eigenvalue weighted by Crippen LogP contribution is 2.34. The van der Waals surface area contributed by atoms with E-state index in [-0.39, 0.29) is 0 Å². The summed E-state index contributed by atoms with van der Waals surface area (Å²) in [4.78, 5) is 2.66. The Morgan fingerprint density at radius 2 is 1.83 bits per heavy atom. The van der Waals surface area contributed by atoms with Crippen LogP contribution in [0.3, 0.4) is 0 Å². The first kappa shape index (κ1) is 8.55. The van der Waals surface area contributed by atoms with Crippen LogP contribution in [0.25, 0.3) is 0 Å². The van der Waals surface area contributed by atoms with Crippen molar-refractivity contribution in [2.75, 3.05) is 13.1 Å². The van der Waals surface area contributed by atoms with Gasteiger partial charge in [0.15, 0.2) is 0 Å². The van der Waals surface area contributed by atoms with Crippen LogP contribution in [0, 0.1) is 5.92 Å². The predicted molar refractivity (Wildman–Crippen MR) is 52.2 cm³/mol. The van der Waals surface area contributed by atoms with E-state index in [4.69, 9.17) is 0 Å². The van der Waals surface area contributed by atoms with Gasteiger partial charge in [0.1, 0.15) is 0 Å². The molecule has 2 rings (SSSR count). The third kappa shape index (κ3) is 1.52. The van der Waals surface area contributed by atoms with Crippen LogP contribution in [-0.2, 0) is 0 Å². The lowest BCUT2D eigenvalue weighted by Gasteiger charge is -2.49. The highest BCUT2D eigenvalue weighted by atomic mass is 15.2. The van der Waals surface area contributed by atoms with E-state index >= 15 is 0 Å². The summed E-state index contributed by atoms with van der Waals surface area (Å²) in [6, 6.07) is 0.982. The van der Waals surface area contributed by atoms with Crippen molar-refractivity contribution >= 4 is 0 Å². The van der Waals surface area contributed by atoms with Crippen LogP contribution in [0.4, 0.5) is 0 Å². The molecule has 0 aromatic rings. The molecule has 2 atom stereocenters. The number of fused-ring (bicyclic) bond motifs is 1.